The van der Waals surface area contributed by atoms with Gasteiger partial charge in [0.15, 0.2) is 3.92 Å². The fourth-order valence-corrected chi connectivity index (χ4v) is 6.02. The summed E-state index contributed by atoms with van der Waals surface area (Å²) < 4.78 is 6.52. The minimum absolute atomic E-state index is 0.121. The molecule has 154 valence electrons. The molecule has 1 aromatic rings. The molecule has 0 spiro atoms. The van der Waals surface area contributed by atoms with E-state index in [4.69, 9.17) is 4.42 Å². The van der Waals surface area contributed by atoms with Crippen LogP contribution in [0.3, 0.4) is 0 Å². The average Bonchev–Trinajstić information content (AvgIpc) is 3.27. The van der Waals surface area contributed by atoms with Crippen LogP contribution in [0.5, 0.6) is 0 Å². The van der Waals surface area contributed by atoms with Crippen LogP contribution in [0, 0.1) is 11.8 Å². The Morgan fingerprint density at radius 2 is 2.07 bits per heavy atom. The molecule has 29 heavy (non-hydrogen) atoms. The van der Waals surface area contributed by atoms with Gasteiger partial charge in [0.05, 0.1) is 12.3 Å². The summed E-state index contributed by atoms with van der Waals surface area (Å²) >= 11 is 2.23. The van der Waals surface area contributed by atoms with Gasteiger partial charge in [0, 0.05) is 30.5 Å². The van der Waals surface area contributed by atoms with Crippen molar-refractivity contribution in [3.8, 4) is 0 Å². The van der Waals surface area contributed by atoms with Gasteiger partial charge in [-0.2, -0.15) is 0 Å². The Hall–Kier alpha value is -1.34. The number of hydrogen-bond acceptors (Lipinski definition) is 3. The van der Waals surface area contributed by atoms with Crippen molar-refractivity contribution in [3.63, 3.8) is 0 Å². The van der Waals surface area contributed by atoms with E-state index in [1.54, 1.807) is 0 Å². The Bertz CT molecular complexity index is 952. The number of carbonyl (C=O) groups is 1. The van der Waals surface area contributed by atoms with Crippen molar-refractivity contribution in [1.29, 1.82) is 0 Å². The van der Waals surface area contributed by atoms with Gasteiger partial charge in [-0.05, 0) is 68.0 Å². The molecule has 4 aliphatic rings. The molecule has 1 amide bonds. The summed E-state index contributed by atoms with van der Waals surface area (Å²) in [4.78, 5) is 14.3. The van der Waals surface area contributed by atoms with E-state index in [9.17, 15) is 4.79 Å². The van der Waals surface area contributed by atoms with Crippen LogP contribution in [0.2, 0.25) is 0 Å². The van der Waals surface area contributed by atoms with Crippen LogP contribution < -0.4 is 38.5 Å². The highest BCUT2D eigenvalue weighted by atomic mass is 127. The topological polar surface area (TPSA) is 45.5 Å². The van der Waals surface area contributed by atoms with Crippen molar-refractivity contribution < 1.29 is 31.8 Å². The first kappa shape index (κ1) is 19.6. The maximum Gasteiger partial charge on any atom is 0.260 e. The zero-order valence-electron chi connectivity index (χ0n) is 16.8. The molecule has 2 aliphatic carbocycles. The number of fused-ring (bicyclic) bond motifs is 2. The zero-order valence-corrected chi connectivity index (χ0v) is 19.1. The number of hydrogen-bond donors (Lipinski definition) is 1. The zero-order chi connectivity index (χ0) is 19.8. The van der Waals surface area contributed by atoms with Gasteiger partial charge in [0.1, 0.15) is 5.42 Å². The smallest absolute Gasteiger partial charge is 0.260 e. The standard InChI is InChI=1S/C24H29IN2O2/c25-20-3-1-2-17(10-20)14-27-8-6-16(7-9-27)4-5-18-15-29-23-13-22-19(11-21(18)23)12-24(28)26-22/h1-2,10-11,13,15-16,19-20,22,25H,3-9,12,14H2/p+1. The maximum absolute atomic E-state index is 11.7. The summed E-state index contributed by atoms with van der Waals surface area (Å²) in [6.07, 6.45) is 20.1. The summed E-state index contributed by atoms with van der Waals surface area (Å²) in [6.45, 7) is 3.54. The lowest BCUT2D eigenvalue weighted by molar-refractivity contribution is -0.402. The van der Waals surface area contributed by atoms with Gasteiger partial charge in [0.2, 0.25) is 5.91 Å². The number of rotatable bonds is 5. The highest BCUT2D eigenvalue weighted by Crippen LogP contribution is 2.24. The molecule has 5 rings (SSSR count). The Kier molecular flexibility index (Phi) is 5.69. The predicted molar refractivity (Wildman–Crippen MR) is 111 cm³/mol. The monoisotopic (exact) mass is 505 g/mol. The van der Waals surface area contributed by atoms with Crippen LogP contribution >= 0.6 is 0 Å². The molecular weight excluding hydrogens is 475 g/mol. The molecule has 0 radical (unpaired) electrons. The number of likely N-dealkylation sites (tertiary alicyclic amines) is 1. The van der Waals surface area contributed by atoms with Crippen molar-refractivity contribution >= 4 is 18.1 Å². The lowest BCUT2D eigenvalue weighted by Crippen LogP contribution is -3.38. The van der Waals surface area contributed by atoms with Gasteiger partial charge in [0.25, 0.3) is 22.6 Å². The van der Waals surface area contributed by atoms with Gasteiger partial charge in [-0.3, -0.25) is 9.69 Å². The number of nitrogens with one attached hydrogen (secondary N) is 1. The molecule has 2 fully saturated rings. The van der Waals surface area contributed by atoms with E-state index in [0.717, 1.165) is 24.3 Å². The summed E-state index contributed by atoms with van der Waals surface area (Å²) in [7, 11) is 0. The van der Waals surface area contributed by atoms with E-state index < -0.39 is 0 Å². The van der Waals surface area contributed by atoms with Crippen LogP contribution in [0.1, 0.15) is 37.7 Å². The molecule has 3 heterocycles. The largest absolute Gasteiger partial charge is 0.464 e. The van der Waals surface area contributed by atoms with Crippen LogP contribution in [-0.2, 0) is 11.2 Å². The highest BCUT2D eigenvalue weighted by molar-refractivity contribution is 5.82. The number of amides is 1. The second-order valence-electron chi connectivity index (χ2n) is 9.01. The third-order valence-electron chi connectivity index (χ3n) is 6.90. The first-order valence-corrected chi connectivity index (χ1v) is 12.3. The van der Waals surface area contributed by atoms with Crippen molar-refractivity contribution in [2.45, 2.75) is 48.5 Å². The third-order valence-corrected chi connectivity index (χ3v) is 7.83. The van der Waals surface area contributed by atoms with Gasteiger partial charge >= 0.3 is 0 Å². The van der Waals surface area contributed by atoms with Crippen molar-refractivity contribution in [3.05, 3.63) is 46.3 Å². The first-order chi connectivity index (χ1) is 14.1. The Morgan fingerprint density at radius 1 is 1.21 bits per heavy atom. The van der Waals surface area contributed by atoms with Crippen LogP contribution in [0.4, 0.5) is 0 Å². The second kappa shape index (κ2) is 8.42. The maximum atomic E-state index is 11.7. The minimum atomic E-state index is 0.121. The fraction of sp³-hybridized carbons (Fsp3) is 0.542. The number of alkyl halides is 1. The lowest BCUT2D eigenvalue weighted by Gasteiger charge is -2.32. The van der Waals surface area contributed by atoms with Crippen molar-refractivity contribution in [1.82, 2.24) is 10.2 Å². The second-order valence-corrected chi connectivity index (χ2v) is 10.7. The van der Waals surface area contributed by atoms with Gasteiger partial charge in [-0.15, -0.1) is 0 Å². The first-order valence-electron chi connectivity index (χ1n) is 11.0. The normalized spacial score (nSPS) is 29.5. The number of aryl methyl sites for hydroxylation is 1. The number of piperidine rings is 1. The summed E-state index contributed by atoms with van der Waals surface area (Å²) in [5.41, 5.74) is 3.77. The number of carbonyl (C=O) groups excluding carboxylic acids is 1. The van der Waals surface area contributed by atoms with Crippen LogP contribution in [0.15, 0.2) is 34.5 Å². The molecule has 1 N–H and O–H groups in total. The average molecular weight is 505 g/mol. The molecule has 4 nitrogen and oxygen atoms in total. The Balaban J connectivity index is 1.15. The van der Waals surface area contributed by atoms with Crippen LogP contribution in [0.25, 0.3) is 12.2 Å². The van der Waals surface area contributed by atoms with E-state index in [2.05, 4.69) is 63.2 Å². The number of halogens is 1. The summed E-state index contributed by atoms with van der Waals surface area (Å²) in [5.74, 6) is 1.25. The minimum Gasteiger partial charge on any atom is -0.464 e. The third kappa shape index (κ3) is 4.41. The molecular formula is C24H30IN2O2+. The van der Waals surface area contributed by atoms with Crippen molar-refractivity contribution in [2.75, 3.05) is 19.6 Å². The molecule has 2 aliphatic heterocycles. The van der Waals surface area contributed by atoms with E-state index >= 15 is 0 Å². The summed E-state index contributed by atoms with van der Waals surface area (Å²) in [5, 5.41) is 4.27. The number of nitrogens with zero attached hydrogens (tertiary/aromatic N) is 1. The molecule has 0 aromatic carbocycles. The lowest BCUT2D eigenvalue weighted by atomic mass is 9.89. The van der Waals surface area contributed by atoms with E-state index in [0.29, 0.717) is 16.3 Å². The van der Waals surface area contributed by atoms with Gasteiger partial charge in [-0.25, -0.2) is 0 Å². The fourth-order valence-electron chi connectivity index (χ4n) is 5.20. The molecule has 3 unspecified atom stereocenters. The Morgan fingerprint density at radius 3 is 2.90 bits per heavy atom. The van der Waals surface area contributed by atoms with Crippen molar-refractivity contribution in [2.24, 2.45) is 11.8 Å². The molecule has 1 aromatic heterocycles. The van der Waals surface area contributed by atoms with Gasteiger partial charge in [-0.1, -0.05) is 18.2 Å². The number of furan rings is 1. The molecule has 5 heteroatoms. The summed E-state index contributed by atoms with van der Waals surface area (Å²) in [6, 6.07) is 0.121. The highest BCUT2D eigenvalue weighted by Gasteiger charge is 2.31. The predicted octanol–water partition coefficient (Wildman–Crippen LogP) is -1.46. The molecule has 0 bridgehead atoms. The van der Waals surface area contributed by atoms with E-state index in [1.807, 2.05) is 6.26 Å². The number of allylic oxidation sites excluding steroid dienone is 2. The van der Waals surface area contributed by atoms with E-state index in [1.165, 1.54) is 55.1 Å². The SMILES string of the molecule is O=C1CC2C=c3c(CCC4CCN(CC5=CC([IH+])CC=C5)CC4)coc3=CC2N1. The Labute approximate surface area is 185 Å². The molecule has 2 saturated heterocycles. The van der Waals surface area contributed by atoms with E-state index in [-0.39, 0.29) is 11.9 Å². The molecule has 3 atom stereocenters. The quantitative estimate of drug-likeness (QED) is 0.394. The van der Waals surface area contributed by atoms with Crippen LogP contribution in [-0.4, -0.2) is 40.4 Å². The van der Waals surface area contributed by atoms with Gasteiger partial charge < -0.3 is 9.73 Å². The molecule has 0 saturated carbocycles.